The van der Waals surface area contributed by atoms with Crippen molar-refractivity contribution in [3.63, 3.8) is 0 Å². The van der Waals surface area contributed by atoms with Gasteiger partial charge in [-0.1, -0.05) is 18.2 Å². The summed E-state index contributed by atoms with van der Waals surface area (Å²) in [4.78, 5) is 14.9. The molecule has 0 spiro atoms. The standard InChI is InChI=1S/C15H16FNO2S/c1-2-17(10-12-6-5-9-20-12)15(18)11-19-14-8-4-3-7-13(14)16/h3-9H,2,10-11H2,1H3. The van der Waals surface area contributed by atoms with Gasteiger partial charge in [-0.25, -0.2) is 4.39 Å². The summed E-state index contributed by atoms with van der Waals surface area (Å²) in [5, 5.41) is 1.98. The number of ether oxygens (including phenoxy) is 1. The van der Waals surface area contributed by atoms with E-state index in [1.165, 1.54) is 12.1 Å². The maximum atomic E-state index is 13.4. The minimum atomic E-state index is -0.457. The fourth-order valence-corrected chi connectivity index (χ4v) is 2.48. The highest BCUT2D eigenvalue weighted by molar-refractivity contribution is 7.09. The second-order valence-corrected chi connectivity index (χ2v) is 5.24. The van der Waals surface area contributed by atoms with Gasteiger partial charge in [0.1, 0.15) is 0 Å². The first-order valence-corrected chi connectivity index (χ1v) is 7.26. The monoisotopic (exact) mass is 293 g/mol. The first kappa shape index (κ1) is 14.5. The topological polar surface area (TPSA) is 29.5 Å². The molecule has 0 bridgehead atoms. The van der Waals surface area contributed by atoms with Crippen molar-refractivity contribution in [3.05, 3.63) is 52.5 Å². The van der Waals surface area contributed by atoms with E-state index in [9.17, 15) is 9.18 Å². The molecule has 0 N–H and O–H groups in total. The number of para-hydroxylation sites is 1. The Morgan fingerprint density at radius 3 is 2.75 bits per heavy atom. The van der Waals surface area contributed by atoms with Crippen molar-refractivity contribution >= 4 is 17.2 Å². The third-order valence-corrected chi connectivity index (χ3v) is 3.71. The Morgan fingerprint density at radius 1 is 1.30 bits per heavy atom. The highest BCUT2D eigenvalue weighted by Gasteiger charge is 2.14. The first-order chi connectivity index (χ1) is 9.70. The van der Waals surface area contributed by atoms with Crippen LogP contribution in [0.25, 0.3) is 0 Å². The third-order valence-electron chi connectivity index (χ3n) is 2.85. The number of nitrogens with zero attached hydrogens (tertiary/aromatic N) is 1. The van der Waals surface area contributed by atoms with Gasteiger partial charge >= 0.3 is 0 Å². The Morgan fingerprint density at radius 2 is 2.10 bits per heavy atom. The molecule has 5 heteroatoms. The normalized spacial score (nSPS) is 10.3. The lowest BCUT2D eigenvalue weighted by atomic mass is 10.3. The van der Waals surface area contributed by atoms with E-state index < -0.39 is 5.82 Å². The van der Waals surface area contributed by atoms with Gasteiger partial charge in [0.15, 0.2) is 18.2 Å². The average Bonchev–Trinajstić information content (AvgIpc) is 2.96. The van der Waals surface area contributed by atoms with Crippen LogP contribution in [0, 0.1) is 5.82 Å². The second kappa shape index (κ2) is 7.05. The Labute approximate surface area is 121 Å². The molecular weight excluding hydrogens is 277 g/mol. The van der Waals surface area contributed by atoms with Gasteiger partial charge in [-0.2, -0.15) is 0 Å². The van der Waals surface area contributed by atoms with Crippen LogP contribution in [0.15, 0.2) is 41.8 Å². The van der Waals surface area contributed by atoms with Crippen LogP contribution >= 0.6 is 11.3 Å². The maximum Gasteiger partial charge on any atom is 0.260 e. The average molecular weight is 293 g/mol. The summed E-state index contributed by atoms with van der Waals surface area (Å²) in [6.07, 6.45) is 0. The molecule has 0 aliphatic rings. The summed E-state index contributed by atoms with van der Waals surface area (Å²) < 4.78 is 18.6. The fraction of sp³-hybridized carbons (Fsp3) is 0.267. The molecule has 0 fully saturated rings. The fourth-order valence-electron chi connectivity index (χ4n) is 1.76. The van der Waals surface area contributed by atoms with Crippen LogP contribution in [0.3, 0.4) is 0 Å². The number of benzene rings is 1. The van der Waals surface area contributed by atoms with Gasteiger partial charge in [0.05, 0.1) is 6.54 Å². The van der Waals surface area contributed by atoms with Crippen LogP contribution in [0.5, 0.6) is 5.75 Å². The molecule has 1 aromatic heterocycles. The minimum absolute atomic E-state index is 0.105. The Bertz CT molecular complexity index is 557. The molecule has 1 amide bonds. The van der Waals surface area contributed by atoms with Gasteiger partial charge in [0, 0.05) is 11.4 Å². The molecule has 0 radical (unpaired) electrons. The van der Waals surface area contributed by atoms with E-state index in [1.54, 1.807) is 28.4 Å². The molecule has 106 valence electrons. The van der Waals surface area contributed by atoms with Crippen molar-refractivity contribution in [2.24, 2.45) is 0 Å². The molecule has 0 saturated carbocycles. The zero-order chi connectivity index (χ0) is 14.4. The van der Waals surface area contributed by atoms with Crippen molar-refractivity contribution in [3.8, 4) is 5.75 Å². The molecule has 2 aromatic rings. The maximum absolute atomic E-state index is 13.4. The smallest absolute Gasteiger partial charge is 0.260 e. The zero-order valence-electron chi connectivity index (χ0n) is 11.2. The lowest BCUT2D eigenvalue weighted by Gasteiger charge is -2.20. The number of halogens is 1. The summed E-state index contributed by atoms with van der Waals surface area (Å²) >= 11 is 1.61. The summed E-state index contributed by atoms with van der Waals surface area (Å²) in [5.74, 6) is -0.501. The number of thiophene rings is 1. The van der Waals surface area contributed by atoms with Gasteiger partial charge in [-0.05, 0) is 30.5 Å². The second-order valence-electron chi connectivity index (χ2n) is 4.21. The van der Waals surface area contributed by atoms with Gasteiger partial charge < -0.3 is 9.64 Å². The van der Waals surface area contributed by atoms with Crippen LogP contribution in [0.2, 0.25) is 0 Å². The number of rotatable bonds is 6. The molecular formula is C15H16FNO2S. The van der Waals surface area contributed by atoms with Crippen molar-refractivity contribution < 1.29 is 13.9 Å². The minimum Gasteiger partial charge on any atom is -0.481 e. The predicted octanol–water partition coefficient (Wildman–Crippen LogP) is 3.31. The number of likely N-dealkylation sites (N-methyl/N-ethyl adjacent to an activating group) is 1. The van der Waals surface area contributed by atoms with E-state index in [0.717, 1.165) is 4.88 Å². The number of amides is 1. The summed E-state index contributed by atoms with van der Waals surface area (Å²) in [7, 11) is 0. The summed E-state index contributed by atoms with van der Waals surface area (Å²) in [5.41, 5.74) is 0. The van der Waals surface area contributed by atoms with E-state index in [-0.39, 0.29) is 18.3 Å². The predicted molar refractivity (Wildman–Crippen MR) is 77.3 cm³/mol. The van der Waals surface area contributed by atoms with Crippen LogP contribution < -0.4 is 4.74 Å². The lowest BCUT2D eigenvalue weighted by molar-refractivity contribution is -0.133. The largest absolute Gasteiger partial charge is 0.481 e. The SMILES string of the molecule is CCN(Cc1cccs1)C(=O)COc1ccccc1F. The van der Waals surface area contributed by atoms with Gasteiger partial charge in [-0.15, -0.1) is 11.3 Å². The zero-order valence-corrected chi connectivity index (χ0v) is 12.0. The van der Waals surface area contributed by atoms with E-state index >= 15 is 0 Å². The van der Waals surface area contributed by atoms with Crippen molar-refractivity contribution in [1.82, 2.24) is 4.90 Å². The van der Waals surface area contributed by atoms with Crippen LogP contribution in [0.1, 0.15) is 11.8 Å². The molecule has 20 heavy (non-hydrogen) atoms. The van der Waals surface area contributed by atoms with Crippen molar-refractivity contribution in [2.45, 2.75) is 13.5 Å². The molecule has 0 aliphatic carbocycles. The van der Waals surface area contributed by atoms with Gasteiger partial charge in [-0.3, -0.25) is 4.79 Å². The van der Waals surface area contributed by atoms with E-state index in [2.05, 4.69) is 0 Å². The third kappa shape index (κ3) is 3.81. The van der Waals surface area contributed by atoms with Gasteiger partial charge in [0.2, 0.25) is 0 Å². The van der Waals surface area contributed by atoms with E-state index in [0.29, 0.717) is 13.1 Å². The van der Waals surface area contributed by atoms with Crippen molar-refractivity contribution in [2.75, 3.05) is 13.2 Å². The summed E-state index contributed by atoms with van der Waals surface area (Å²) in [6.45, 7) is 2.92. The quantitative estimate of drug-likeness (QED) is 0.817. The number of hydrogen-bond donors (Lipinski definition) is 0. The number of hydrogen-bond acceptors (Lipinski definition) is 3. The van der Waals surface area contributed by atoms with Crippen LogP contribution in [0.4, 0.5) is 4.39 Å². The Kier molecular flexibility index (Phi) is 5.12. The Balaban J connectivity index is 1.91. The number of carbonyl (C=O) groups excluding carboxylic acids is 1. The van der Waals surface area contributed by atoms with Crippen LogP contribution in [-0.4, -0.2) is 24.0 Å². The van der Waals surface area contributed by atoms with Crippen LogP contribution in [-0.2, 0) is 11.3 Å². The summed E-state index contributed by atoms with van der Waals surface area (Å²) in [6, 6.07) is 10.0. The molecule has 2 rings (SSSR count). The Hall–Kier alpha value is -1.88. The molecule has 1 aromatic carbocycles. The highest BCUT2D eigenvalue weighted by Crippen LogP contribution is 2.16. The van der Waals surface area contributed by atoms with Crippen molar-refractivity contribution in [1.29, 1.82) is 0 Å². The van der Waals surface area contributed by atoms with E-state index in [4.69, 9.17) is 4.74 Å². The molecule has 0 atom stereocenters. The molecule has 0 unspecified atom stereocenters. The molecule has 0 saturated heterocycles. The molecule has 1 heterocycles. The lowest BCUT2D eigenvalue weighted by Crippen LogP contribution is -2.34. The molecule has 3 nitrogen and oxygen atoms in total. The highest BCUT2D eigenvalue weighted by atomic mass is 32.1. The first-order valence-electron chi connectivity index (χ1n) is 6.38. The number of carbonyl (C=O) groups is 1. The van der Waals surface area contributed by atoms with Gasteiger partial charge in [0.25, 0.3) is 5.91 Å². The molecule has 0 aliphatic heterocycles. The van der Waals surface area contributed by atoms with E-state index in [1.807, 2.05) is 24.4 Å².